The third-order valence-corrected chi connectivity index (χ3v) is 4.23. The fraction of sp³-hybridized carbons (Fsp3) is 0.467. The minimum Gasteiger partial charge on any atom is -0.394 e. The molecule has 140 valence electrons. The maximum absolute atomic E-state index is 10.7. The van der Waals surface area contributed by atoms with Crippen molar-refractivity contribution in [1.82, 2.24) is 15.0 Å². The largest absolute Gasteiger partial charge is 0.394 e. The molecule has 1 aromatic carbocycles. The van der Waals surface area contributed by atoms with Crippen LogP contribution in [0.15, 0.2) is 30.5 Å². The average molecular weight is 366 g/mol. The summed E-state index contributed by atoms with van der Waals surface area (Å²) in [4.78, 5) is 10.2. The second kappa shape index (κ2) is 7.43. The molecule has 0 radical (unpaired) electrons. The van der Waals surface area contributed by atoms with Gasteiger partial charge in [-0.2, -0.15) is 0 Å². The monoisotopic (exact) mass is 366 g/mol. The summed E-state index contributed by atoms with van der Waals surface area (Å²) in [5.74, 6) is 0. The topological polar surface area (TPSA) is 164 Å². The van der Waals surface area contributed by atoms with Crippen LogP contribution < -0.4 is 0 Å². The molecule has 1 aliphatic rings. The van der Waals surface area contributed by atoms with Crippen LogP contribution >= 0.6 is 0 Å². The highest BCUT2D eigenvalue weighted by atomic mass is 16.6. The van der Waals surface area contributed by atoms with Crippen LogP contribution in [-0.2, 0) is 11.3 Å². The minimum atomic E-state index is -1.49. The molecule has 0 spiro atoms. The Morgan fingerprint density at radius 3 is 2.46 bits per heavy atom. The maximum atomic E-state index is 10.7. The number of rotatable bonds is 5. The van der Waals surface area contributed by atoms with Gasteiger partial charge in [0.15, 0.2) is 0 Å². The smallest absolute Gasteiger partial charge is 0.269 e. The number of nitrogens with zero attached hydrogens (tertiary/aromatic N) is 4. The van der Waals surface area contributed by atoms with Gasteiger partial charge in [-0.15, -0.1) is 5.10 Å². The van der Waals surface area contributed by atoms with Crippen molar-refractivity contribution in [3.63, 3.8) is 0 Å². The second-order valence-electron chi connectivity index (χ2n) is 6.01. The molecule has 0 bridgehead atoms. The Morgan fingerprint density at radius 1 is 1.15 bits per heavy atom. The lowest BCUT2D eigenvalue weighted by Gasteiger charge is -2.39. The van der Waals surface area contributed by atoms with Crippen molar-refractivity contribution in [3.8, 4) is 0 Å². The summed E-state index contributed by atoms with van der Waals surface area (Å²) in [7, 11) is 0. The SMILES string of the molecule is O=[N+]([O-])c1ccc(Cn2cc([C@@H]3O[C@H](CO)[C@@H](O)[C@H](O)[C@H]3O)nn2)cc1. The van der Waals surface area contributed by atoms with Crippen molar-refractivity contribution in [3.05, 3.63) is 51.8 Å². The van der Waals surface area contributed by atoms with Crippen LogP contribution in [0, 0.1) is 10.1 Å². The Labute approximate surface area is 147 Å². The molecule has 2 aromatic rings. The van der Waals surface area contributed by atoms with Gasteiger partial charge in [0.05, 0.1) is 24.3 Å². The Kier molecular flexibility index (Phi) is 5.25. The highest BCUT2D eigenvalue weighted by Crippen LogP contribution is 2.31. The van der Waals surface area contributed by atoms with E-state index in [2.05, 4.69) is 10.3 Å². The summed E-state index contributed by atoms with van der Waals surface area (Å²) in [6.45, 7) is -0.249. The molecule has 1 aromatic heterocycles. The number of ether oxygens (including phenoxy) is 1. The number of aromatic nitrogens is 3. The van der Waals surface area contributed by atoms with Gasteiger partial charge in [0.1, 0.15) is 36.2 Å². The number of aliphatic hydroxyl groups excluding tert-OH is 4. The van der Waals surface area contributed by atoms with Gasteiger partial charge in [0.2, 0.25) is 0 Å². The third kappa shape index (κ3) is 3.57. The van der Waals surface area contributed by atoms with Gasteiger partial charge < -0.3 is 25.2 Å². The zero-order valence-electron chi connectivity index (χ0n) is 13.5. The Balaban J connectivity index is 1.73. The molecule has 0 amide bonds. The standard InChI is InChI=1S/C15H18N4O7/c20-7-11-12(21)13(22)14(23)15(26-11)10-6-18(17-16-10)5-8-1-3-9(4-2-8)19(24)25/h1-4,6,11-15,20-23H,5,7H2/t11-,12-,13+,14-,15+/m1/s1. The van der Waals surface area contributed by atoms with E-state index in [0.29, 0.717) is 0 Å². The van der Waals surface area contributed by atoms with Crippen LogP contribution in [-0.4, -0.2) is 71.4 Å². The zero-order valence-corrected chi connectivity index (χ0v) is 13.5. The molecule has 3 rings (SSSR count). The van der Waals surface area contributed by atoms with Gasteiger partial charge in [-0.25, -0.2) is 4.68 Å². The first-order chi connectivity index (χ1) is 12.4. The van der Waals surface area contributed by atoms with Crippen molar-refractivity contribution in [1.29, 1.82) is 0 Å². The van der Waals surface area contributed by atoms with Crippen molar-refractivity contribution < 1.29 is 30.1 Å². The highest BCUT2D eigenvalue weighted by Gasteiger charge is 2.45. The number of nitro groups is 1. The number of nitro benzene ring substituents is 1. The molecule has 11 nitrogen and oxygen atoms in total. The van der Waals surface area contributed by atoms with E-state index in [9.17, 15) is 30.5 Å². The van der Waals surface area contributed by atoms with Gasteiger partial charge >= 0.3 is 0 Å². The molecule has 4 N–H and O–H groups in total. The summed E-state index contributed by atoms with van der Waals surface area (Å²) in [6.07, 6.45) is -4.97. The number of hydrogen-bond acceptors (Lipinski definition) is 9. The molecule has 11 heteroatoms. The predicted octanol–water partition coefficient (Wildman–Crippen LogP) is -1.25. The second-order valence-corrected chi connectivity index (χ2v) is 6.01. The van der Waals surface area contributed by atoms with Crippen molar-refractivity contribution in [2.75, 3.05) is 6.61 Å². The Morgan fingerprint density at radius 2 is 1.85 bits per heavy atom. The number of non-ortho nitro benzene ring substituents is 1. The molecule has 0 aliphatic carbocycles. The van der Waals surface area contributed by atoms with Crippen LogP contribution in [0.5, 0.6) is 0 Å². The molecule has 0 saturated carbocycles. The molecule has 26 heavy (non-hydrogen) atoms. The van der Waals surface area contributed by atoms with Crippen LogP contribution in [0.4, 0.5) is 5.69 Å². The van der Waals surface area contributed by atoms with E-state index in [1.807, 2.05) is 0 Å². The fourth-order valence-corrected chi connectivity index (χ4v) is 2.78. The van der Waals surface area contributed by atoms with E-state index in [1.165, 1.54) is 23.0 Å². The molecular formula is C15H18N4O7. The van der Waals surface area contributed by atoms with Gasteiger partial charge in [-0.1, -0.05) is 17.3 Å². The fourth-order valence-electron chi connectivity index (χ4n) is 2.78. The summed E-state index contributed by atoms with van der Waals surface area (Å²) in [5, 5.41) is 57.4. The summed E-state index contributed by atoms with van der Waals surface area (Å²) < 4.78 is 6.86. The van der Waals surface area contributed by atoms with Gasteiger partial charge in [0.25, 0.3) is 5.69 Å². The average Bonchev–Trinajstić information content (AvgIpc) is 3.08. The molecule has 1 aliphatic heterocycles. The zero-order chi connectivity index (χ0) is 18.8. The maximum Gasteiger partial charge on any atom is 0.269 e. The highest BCUT2D eigenvalue weighted by molar-refractivity contribution is 5.32. The quantitative estimate of drug-likeness (QED) is 0.374. The molecule has 2 heterocycles. The first-order valence-electron chi connectivity index (χ1n) is 7.84. The number of benzene rings is 1. The van der Waals surface area contributed by atoms with Crippen LogP contribution in [0.25, 0.3) is 0 Å². The normalized spacial score (nSPS) is 28.8. The third-order valence-electron chi connectivity index (χ3n) is 4.23. The van der Waals surface area contributed by atoms with Crippen LogP contribution in [0.3, 0.4) is 0 Å². The number of aliphatic hydroxyl groups is 4. The van der Waals surface area contributed by atoms with Crippen molar-refractivity contribution >= 4 is 5.69 Å². The Bertz CT molecular complexity index is 764. The molecule has 1 saturated heterocycles. The molecule has 0 unspecified atom stereocenters. The lowest BCUT2D eigenvalue weighted by molar-refractivity contribution is -0.384. The lowest BCUT2D eigenvalue weighted by atomic mass is 9.94. The van der Waals surface area contributed by atoms with Gasteiger partial charge in [0, 0.05) is 12.1 Å². The summed E-state index contributed by atoms with van der Waals surface area (Å²) in [5.41, 5.74) is 0.957. The van der Waals surface area contributed by atoms with Gasteiger partial charge in [-0.05, 0) is 5.56 Å². The van der Waals surface area contributed by atoms with E-state index < -0.39 is 42.1 Å². The Hall–Kier alpha value is -2.44. The van der Waals surface area contributed by atoms with E-state index in [4.69, 9.17) is 4.74 Å². The van der Waals surface area contributed by atoms with Crippen molar-refractivity contribution in [2.45, 2.75) is 37.1 Å². The van der Waals surface area contributed by atoms with Crippen LogP contribution in [0.2, 0.25) is 0 Å². The summed E-state index contributed by atoms with van der Waals surface area (Å²) in [6, 6.07) is 5.94. The molecular weight excluding hydrogens is 348 g/mol. The summed E-state index contributed by atoms with van der Waals surface area (Å²) >= 11 is 0. The van der Waals surface area contributed by atoms with Crippen LogP contribution in [0.1, 0.15) is 17.4 Å². The van der Waals surface area contributed by atoms with Gasteiger partial charge in [-0.3, -0.25) is 10.1 Å². The minimum absolute atomic E-state index is 0.0191. The van der Waals surface area contributed by atoms with E-state index >= 15 is 0 Å². The van der Waals surface area contributed by atoms with Crippen molar-refractivity contribution in [2.24, 2.45) is 0 Å². The lowest BCUT2D eigenvalue weighted by Crippen LogP contribution is -2.55. The first-order valence-corrected chi connectivity index (χ1v) is 7.84. The molecule has 5 atom stereocenters. The van der Waals surface area contributed by atoms with E-state index in [0.717, 1.165) is 5.56 Å². The first kappa shape index (κ1) is 18.4. The van der Waals surface area contributed by atoms with E-state index in [-0.39, 0.29) is 17.9 Å². The predicted molar refractivity (Wildman–Crippen MR) is 84.9 cm³/mol. The molecule has 1 fully saturated rings. The number of hydrogen-bond donors (Lipinski definition) is 4. The van der Waals surface area contributed by atoms with E-state index in [1.54, 1.807) is 12.1 Å².